The van der Waals surface area contributed by atoms with Crippen molar-refractivity contribution in [2.24, 2.45) is 49.4 Å². The van der Waals surface area contributed by atoms with Crippen molar-refractivity contribution in [2.45, 2.75) is 19.3 Å². The minimum absolute atomic E-state index is 0.0374. The second-order valence-corrected chi connectivity index (χ2v) is 11.4. The first-order chi connectivity index (χ1) is 25.2. The molecule has 5 rings (SSSR count). The van der Waals surface area contributed by atoms with Gasteiger partial charge in [0.2, 0.25) is 0 Å². The molecule has 18 heteroatoms. The Kier molecular flexibility index (Phi) is 12.8. The molecule has 0 aliphatic carbocycles. The van der Waals surface area contributed by atoms with E-state index in [4.69, 9.17) is 48.6 Å². The van der Waals surface area contributed by atoms with Gasteiger partial charge in [-0.05, 0) is 42.5 Å². The molecule has 5 aromatic rings. The van der Waals surface area contributed by atoms with E-state index in [-0.39, 0.29) is 17.9 Å². The fourth-order valence-electron chi connectivity index (χ4n) is 4.84. The molecule has 0 aliphatic heterocycles. The average Bonchev–Trinajstić information content (AvgIpc) is 3.83. The summed E-state index contributed by atoms with van der Waals surface area (Å²) in [5.41, 5.74) is 36.8. The maximum absolute atomic E-state index is 6.12. The van der Waals surface area contributed by atoms with Crippen LogP contribution in [0.3, 0.4) is 0 Å². The molecule has 2 heterocycles. The van der Waals surface area contributed by atoms with E-state index in [0.717, 1.165) is 22.5 Å². The molecule has 0 aliphatic rings. The van der Waals surface area contributed by atoms with Crippen molar-refractivity contribution in [3.8, 4) is 51.1 Å². The minimum Gasteiger partial charge on any atom is -0.493 e. The number of hydrogen-bond donors (Lipinski definition) is 6. The summed E-state index contributed by atoms with van der Waals surface area (Å²) >= 11 is 0. The van der Waals surface area contributed by atoms with E-state index >= 15 is 0 Å². The Morgan fingerprint density at radius 1 is 0.519 bits per heavy atom. The van der Waals surface area contributed by atoms with Gasteiger partial charge in [-0.3, -0.25) is 15.0 Å². The Bertz CT molecular complexity index is 1870. The number of benzene rings is 3. The number of aromatic nitrogens is 6. The molecule has 0 amide bonds. The summed E-state index contributed by atoms with van der Waals surface area (Å²) in [5.74, 6) is 2.12. The predicted molar refractivity (Wildman–Crippen MR) is 200 cm³/mol. The summed E-state index contributed by atoms with van der Waals surface area (Å²) < 4.78 is 21.2. The Hall–Kier alpha value is -6.85. The van der Waals surface area contributed by atoms with Gasteiger partial charge in [0.15, 0.2) is 17.9 Å². The van der Waals surface area contributed by atoms with Gasteiger partial charge in [0.25, 0.3) is 0 Å². The van der Waals surface area contributed by atoms with Crippen LogP contribution in [0.1, 0.15) is 19.3 Å². The van der Waals surface area contributed by atoms with E-state index in [2.05, 4.69) is 35.6 Å². The van der Waals surface area contributed by atoms with Gasteiger partial charge in [-0.1, -0.05) is 22.6 Å². The molecular weight excluding hydrogens is 666 g/mol. The van der Waals surface area contributed by atoms with Gasteiger partial charge in [0.05, 0.1) is 43.6 Å². The molecule has 3 aromatic carbocycles. The van der Waals surface area contributed by atoms with Gasteiger partial charge < -0.3 is 48.6 Å². The number of guanidine groups is 3. The second kappa shape index (κ2) is 18.2. The number of hydrogen-bond acceptors (Lipinski definition) is 10. The monoisotopic (exact) mass is 709 g/mol. The zero-order valence-electron chi connectivity index (χ0n) is 28.6. The fourth-order valence-corrected chi connectivity index (χ4v) is 4.84. The third kappa shape index (κ3) is 11.1. The van der Waals surface area contributed by atoms with Crippen molar-refractivity contribution < 1.29 is 14.2 Å². The zero-order valence-corrected chi connectivity index (χ0v) is 28.6. The summed E-state index contributed by atoms with van der Waals surface area (Å²) in [6.45, 7) is 2.70. The molecule has 0 unspecified atom stereocenters. The molecule has 18 nitrogen and oxygen atoms in total. The summed E-state index contributed by atoms with van der Waals surface area (Å²) in [6.07, 6.45) is 5.62. The SMILES string of the molecule is NC(N)=NCCCOc1cc(-c2cn(-c3cccc(OCCCN=C(N)N)c3)nn2)cc(-c2cn(-c3cccc(OCCCN=C(N)N)c3)nn2)c1. The van der Waals surface area contributed by atoms with Crippen LogP contribution in [0.2, 0.25) is 0 Å². The average molecular weight is 710 g/mol. The van der Waals surface area contributed by atoms with Crippen LogP contribution in [0.4, 0.5) is 0 Å². The Labute approximate surface area is 300 Å². The molecule has 272 valence electrons. The van der Waals surface area contributed by atoms with Crippen molar-refractivity contribution in [3.63, 3.8) is 0 Å². The van der Waals surface area contributed by atoms with Crippen LogP contribution in [0, 0.1) is 0 Å². The molecule has 0 saturated carbocycles. The van der Waals surface area contributed by atoms with Crippen molar-refractivity contribution in [3.05, 3.63) is 79.1 Å². The van der Waals surface area contributed by atoms with E-state index in [1.807, 2.05) is 79.1 Å². The van der Waals surface area contributed by atoms with Crippen molar-refractivity contribution in [1.29, 1.82) is 0 Å². The van der Waals surface area contributed by atoms with Gasteiger partial charge in [-0.2, -0.15) is 0 Å². The third-order valence-electron chi connectivity index (χ3n) is 7.25. The number of nitrogens with two attached hydrogens (primary N) is 6. The Balaban J connectivity index is 1.35. The molecule has 2 aromatic heterocycles. The highest BCUT2D eigenvalue weighted by molar-refractivity contribution is 5.76. The largest absolute Gasteiger partial charge is 0.493 e. The number of rotatable bonds is 19. The highest BCUT2D eigenvalue weighted by Crippen LogP contribution is 2.31. The van der Waals surface area contributed by atoms with E-state index in [9.17, 15) is 0 Å². The van der Waals surface area contributed by atoms with Crippen LogP contribution in [-0.2, 0) is 0 Å². The van der Waals surface area contributed by atoms with Crippen LogP contribution in [-0.4, -0.2) is 87.3 Å². The molecule has 0 fully saturated rings. The van der Waals surface area contributed by atoms with Gasteiger partial charge >= 0.3 is 0 Å². The number of nitrogens with zero attached hydrogens (tertiary/aromatic N) is 9. The molecule has 0 bridgehead atoms. The van der Waals surface area contributed by atoms with Gasteiger partial charge in [0.1, 0.15) is 28.6 Å². The second-order valence-electron chi connectivity index (χ2n) is 11.4. The van der Waals surface area contributed by atoms with E-state index in [1.54, 1.807) is 9.36 Å². The van der Waals surface area contributed by atoms with Gasteiger partial charge in [-0.15, -0.1) is 10.2 Å². The maximum atomic E-state index is 6.12. The molecule has 0 spiro atoms. The number of aliphatic imine (C=N–C) groups is 3. The molecule has 52 heavy (non-hydrogen) atoms. The summed E-state index contributed by atoms with van der Waals surface area (Å²) in [7, 11) is 0. The van der Waals surface area contributed by atoms with E-state index in [1.165, 1.54) is 0 Å². The molecule has 0 radical (unpaired) electrons. The quantitative estimate of drug-likeness (QED) is 0.0401. The molecular formula is C34H43N15O3. The first-order valence-electron chi connectivity index (χ1n) is 16.5. The molecule has 0 saturated heterocycles. The lowest BCUT2D eigenvalue weighted by Gasteiger charge is -2.09. The molecule has 0 atom stereocenters. The Morgan fingerprint density at radius 3 is 1.33 bits per heavy atom. The fraction of sp³-hybridized carbons (Fsp3) is 0.265. The van der Waals surface area contributed by atoms with Gasteiger partial charge in [-0.25, -0.2) is 9.36 Å². The highest BCUT2D eigenvalue weighted by atomic mass is 16.5. The first-order valence-corrected chi connectivity index (χ1v) is 16.5. The van der Waals surface area contributed by atoms with Crippen LogP contribution >= 0.6 is 0 Å². The number of ether oxygens (including phenoxy) is 3. The van der Waals surface area contributed by atoms with Crippen LogP contribution in [0.25, 0.3) is 33.9 Å². The van der Waals surface area contributed by atoms with Crippen LogP contribution in [0.5, 0.6) is 17.2 Å². The Morgan fingerprint density at radius 2 is 0.923 bits per heavy atom. The topological polar surface area (TPSA) is 282 Å². The lowest BCUT2D eigenvalue weighted by atomic mass is 10.1. The third-order valence-corrected chi connectivity index (χ3v) is 7.25. The van der Waals surface area contributed by atoms with Gasteiger partial charge in [0, 0.05) is 62.2 Å². The van der Waals surface area contributed by atoms with Crippen molar-refractivity contribution >= 4 is 17.9 Å². The lowest BCUT2D eigenvalue weighted by Crippen LogP contribution is -2.23. The van der Waals surface area contributed by atoms with E-state index in [0.29, 0.717) is 87.4 Å². The summed E-state index contributed by atoms with van der Waals surface area (Å²) in [5, 5.41) is 17.7. The first kappa shape index (κ1) is 36.4. The normalized spacial score (nSPS) is 10.7. The van der Waals surface area contributed by atoms with Crippen molar-refractivity contribution in [1.82, 2.24) is 30.0 Å². The lowest BCUT2D eigenvalue weighted by molar-refractivity contribution is 0.313. The standard InChI is InChI=1S/C34H43N15O3/c35-32(36)41-10-3-13-50-27-8-1-6-25(19-27)48-21-30(44-46-48)23-16-24(18-29(17-23)52-15-5-12-43-34(39)40)31-22-49(47-45-31)26-7-2-9-28(20-26)51-14-4-11-42-33(37)38/h1-2,6-9,16-22H,3-5,10-15H2,(H4,35,36,41)(H4,37,38,42)(H4,39,40,43). The van der Waals surface area contributed by atoms with Crippen LogP contribution in [0.15, 0.2) is 94.1 Å². The maximum Gasteiger partial charge on any atom is 0.185 e. The summed E-state index contributed by atoms with van der Waals surface area (Å²) in [4.78, 5) is 12.0. The minimum atomic E-state index is 0.0374. The van der Waals surface area contributed by atoms with E-state index < -0.39 is 0 Å². The van der Waals surface area contributed by atoms with Crippen molar-refractivity contribution in [2.75, 3.05) is 39.5 Å². The highest BCUT2D eigenvalue weighted by Gasteiger charge is 2.14. The molecule has 12 N–H and O–H groups in total. The summed E-state index contributed by atoms with van der Waals surface area (Å²) in [6, 6.07) is 20.9. The van der Waals surface area contributed by atoms with Crippen LogP contribution < -0.4 is 48.6 Å². The predicted octanol–water partition coefficient (Wildman–Crippen LogP) is 1.31. The zero-order chi connectivity index (χ0) is 36.7. The smallest absolute Gasteiger partial charge is 0.185 e.